The van der Waals surface area contributed by atoms with Gasteiger partial charge in [0.1, 0.15) is 0 Å². The molecule has 0 aliphatic rings. The number of rotatable bonds is 5. The highest BCUT2D eigenvalue weighted by Crippen LogP contribution is 2.16. The predicted octanol–water partition coefficient (Wildman–Crippen LogP) is 2.35. The maximum absolute atomic E-state index is 10.9. The fraction of sp³-hybridized carbons (Fsp3) is 0.364. The van der Waals surface area contributed by atoms with Crippen molar-refractivity contribution in [2.24, 2.45) is 0 Å². The van der Waals surface area contributed by atoms with Crippen LogP contribution in [0.4, 0.5) is 0 Å². The second kappa shape index (κ2) is 5.43. The normalized spacial score (nSPS) is 10.8. The summed E-state index contributed by atoms with van der Waals surface area (Å²) in [5.74, 6) is 0. The highest BCUT2D eigenvalue weighted by Gasteiger charge is 1.99. The van der Waals surface area contributed by atoms with E-state index < -0.39 is 0 Å². The lowest BCUT2D eigenvalue weighted by atomic mass is 10.3. The number of aromatic nitrogens is 1. The van der Waals surface area contributed by atoms with Crippen LogP contribution in [0.15, 0.2) is 22.3 Å². The molecule has 16 heavy (non-hydrogen) atoms. The predicted molar refractivity (Wildman–Crippen MR) is 69.2 cm³/mol. The van der Waals surface area contributed by atoms with E-state index in [1.165, 1.54) is 21.1 Å². The molecule has 86 valence electrons. The molecule has 0 unspecified atom stereocenters. The van der Waals surface area contributed by atoms with Crippen molar-refractivity contribution in [3.05, 3.63) is 42.6 Å². The monoisotopic (exact) mass is 254 g/mol. The minimum Gasteiger partial charge on any atom is -0.315 e. The van der Waals surface area contributed by atoms with Crippen LogP contribution in [0.3, 0.4) is 0 Å². The van der Waals surface area contributed by atoms with Gasteiger partial charge >= 0.3 is 4.87 Å². The highest BCUT2D eigenvalue weighted by atomic mass is 32.1. The summed E-state index contributed by atoms with van der Waals surface area (Å²) in [6, 6.07) is 4.33. The molecule has 0 saturated heterocycles. The number of aryl methyl sites for hydroxylation is 1. The van der Waals surface area contributed by atoms with Gasteiger partial charge in [-0.25, -0.2) is 0 Å². The Balaban J connectivity index is 1.81. The van der Waals surface area contributed by atoms with Gasteiger partial charge < -0.3 is 10.3 Å². The molecule has 0 saturated carbocycles. The summed E-state index contributed by atoms with van der Waals surface area (Å²) in [5.41, 5.74) is 0.960. The van der Waals surface area contributed by atoms with Crippen LogP contribution in [-0.2, 0) is 19.5 Å². The van der Waals surface area contributed by atoms with Crippen molar-refractivity contribution in [2.45, 2.75) is 26.4 Å². The molecular weight excluding hydrogens is 240 g/mol. The maximum Gasteiger partial charge on any atom is 0.304 e. The van der Waals surface area contributed by atoms with Crippen molar-refractivity contribution < 1.29 is 0 Å². The Morgan fingerprint density at radius 2 is 2.12 bits per heavy atom. The largest absolute Gasteiger partial charge is 0.315 e. The molecule has 0 aromatic carbocycles. The average Bonchev–Trinajstić information content (AvgIpc) is 2.88. The van der Waals surface area contributed by atoms with E-state index >= 15 is 0 Å². The average molecular weight is 254 g/mol. The molecule has 0 aliphatic heterocycles. The minimum absolute atomic E-state index is 0.0150. The van der Waals surface area contributed by atoms with Crippen molar-refractivity contribution in [1.82, 2.24) is 10.3 Å². The first-order valence-electron chi connectivity index (χ1n) is 5.23. The van der Waals surface area contributed by atoms with Crippen molar-refractivity contribution >= 4 is 22.7 Å². The van der Waals surface area contributed by atoms with Crippen LogP contribution in [0.25, 0.3) is 0 Å². The standard InChI is InChI=1S/C11H14N2OS2/c1-2-9-3-4-10(16-9)6-12-5-8-7-15-11(14)13-8/h3-4,7,12H,2,5-6H2,1H3,(H,13,14). The van der Waals surface area contributed by atoms with Crippen molar-refractivity contribution in [2.75, 3.05) is 0 Å². The maximum atomic E-state index is 10.9. The molecule has 3 nitrogen and oxygen atoms in total. The van der Waals surface area contributed by atoms with Gasteiger partial charge in [-0.05, 0) is 18.6 Å². The molecule has 2 N–H and O–H groups in total. The lowest BCUT2D eigenvalue weighted by molar-refractivity contribution is 0.688. The quantitative estimate of drug-likeness (QED) is 0.860. The number of nitrogens with one attached hydrogen (secondary N) is 2. The van der Waals surface area contributed by atoms with Gasteiger partial charge in [0.15, 0.2) is 0 Å². The van der Waals surface area contributed by atoms with Crippen molar-refractivity contribution in [3.63, 3.8) is 0 Å². The summed E-state index contributed by atoms with van der Waals surface area (Å²) in [6.07, 6.45) is 1.10. The smallest absolute Gasteiger partial charge is 0.304 e. The molecule has 2 aromatic rings. The molecule has 2 aromatic heterocycles. The molecule has 0 atom stereocenters. The summed E-state index contributed by atoms with van der Waals surface area (Å²) in [4.78, 5) is 16.5. The Morgan fingerprint density at radius 1 is 1.31 bits per heavy atom. The van der Waals surface area contributed by atoms with Crippen LogP contribution >= 0.6 is 22.7 Å². The third-order valence-electron chi connectivity index (χ3n) is 2.25. The van der Waals surface area contributed by atoms with Gasteiger partial charge in [-0.2, -0.15) is 0 Å². The Hall–Kier alpha value is -0.910. The summed E-state index contributed by atoms with van der Waals surface area (Å²) in [5, 5.41) is 5.18. The first-order valence-corrected chi connectivity index (χ1v) is 6.92. The van der Waals surface area contributed by atoms with Gasteiger partial charge in [0.2, 0.25) is 0 Å². The SMILES string of the molecule is CCc1ccc(CNCc2csc(=O)[nH]2)s1. The second-order valence-electron chi connectivity index (χ2n) is 3.50. The van der Waals surface area contributed by atoms with Crippen molar-refractivity contribution in [1.29, 1.82) is 0 Å². The number of thiazole rings is 1. The van der Waals surface area contributed by atoms with Crippen LogP contribution in [0.1, 0.15) is 22.4 Å². The van der Waals surface area contributed by atoms with Gasteiger partial charge in [-0.3, -0.25) is 4.79 Å². The summed E-state index contributed by atoms with van der Waals surface area (Å²) in [6.45, 7) is 3.75. The molecule has 0 aliphatic carbocycles. The van der Waals surface area contributed by atoms with Gasteiger partial charge in [-0.1, -0.05) is 18.3 Å². The van der Waals surface area contributed by atoms with E-state index in [-0.39, 0.29) is 4.87 Å². The van der Waals surface area contributed by atoms with E-state index in [4.69, 9.17) is 0 Å². The van der Waals surface area contributed by atoms with Crippen LogP contribution in [0.2, 0.25) is 0 Å². The molecule has 2 heterocycles. The van der Waals surface area contributed by atoms with Gasteiger partial charge in [0, 0.05) is 33.9 Å². The van der Waals surface area contributed by atoms with Gasteiger partial charge in [-0.15, -0.1) is 11.3 Å². The first kappa shape index (κ1) is 11.6. The Bertz CT molecular complexity index is 498. The molecule has 0 bridgehead atoms. The molecule has 0 fully saturated rings. The van der Waals surface area contributed by atoms with E-state index in [0.717, 1.165) is 25.2 Å². The highest BCUT2D eigenvalue weighted by molar-refractivity contribution is 7.11. The van der Waals surface area contributed by atoms with Crippen LogP contribution in [-0.4, -0.2) is 4.98 Å². The number of H-pyrrole nitrogens is 1. The van der Waals surface area contributed by atoms with E-state index in [0.29, 0.717) is 0 Å². The van der Waals surface area contributed by atoms with Crippen molar-refractivity contribution in [3.8, 4) is 0 Å². The summed E-state index contributed by atoms with van der Waals surface area (Å²) < 4.78 is 0. The molecule has 0 spiro atoms. The van der Waals surface area contributed by atoms with E-state index in [1.54, 1.807) is 0 Å². The Labute approximate surface area is 102 Å². The van der Waals surface area contributed by atoms with E-state index in [2.05, 4.69) is 29.4 Å². The lowest BCUT2D eigenvalue weighted by Crippen LogP contribution is -2.12. The Morgan fingerprint density at radius 3 is 2.75 bits per heavy atom. The summed E-state index contributed by atoms with van der Waals surface area (Å²) in [7, 11) is 0. The van der Waals surface area contributed by atoms with Crippen LogP contribution in [0.5, 0.6) is 0 Å². The molecular formula is C11H14N2OS2. The third-order valence-corrected chi connectivity index (χ3v) is 4.20. The minimum atomic E-state index is 0.0150. The molecule has 0 radical (unpaired) electrons. The number of aromatic amines is 1. The number of thiophene rings is 1. The zero-order valence-corrected chi connectivity index (χ0v) is 10.7. The zero-order chi connectivity index (χ0) is 11.4. The lowest BCUT2D eigenvalue weighted by Gasteiger charge is -1.99. The fourth-order valence-corrected chi connectivity index (χ4v) is 2.94. The number of hydrogen-bond acceptors (Lipinski definition) is 4. The zero-order valence-electron chi connectivity index (χ0n) is 9.08. The van der Waals surface area contributed by atoms with Crippen LogP contribution < -0.4 is 10.2 Å². The molecule has 0 amide bonds. The second-order valence-corrected chi connectivity index (χ2v) is 5.59. The van der Waals surface area contributed by atoms with E-state index in [9.17, 15) is 4.79 Å². The van der Waals surface area contributed by atoms with Crippen LogP contribution in [0, 0.1) is 0 Å². The Kier molecular flexibility index (Phi) is 3.93. The molecule has 2 rings (SSSR count). The third kappa shape index (κ3) is 3.04. The van der Waals surface area contributed by atoms with Gasteiger partial charge in [0.05, 0.1) is 0 Å². The first-order chi connectivity index (χ1) is 7.78. The topological polar surface area (TPSA) is 44.9 Å². The van der Waals surface area contributed by atoms with E-state index in [1.807, 2.05) is 16.7 Å². The van der Waals surface area contributed by atoms with Gasteiger partial charge in [0.25, 0.3) is 0 Å². The molecule has 5 heteroatoms. The fourth-order valence-electron chi connectivity index (χ4n) is 1.43. The summed E-state index contributed by atoms with van der Waals surface area (Å²) >= 11 is 3.05. The number of hydrogen-bond donors (Lipinski definition) is 2.